The van der Waals surface area contributed by atoms with Gasteiger partial charge in [-0.1, -0.05) is 6.92 Å². The first-order chi connectivity index (χ1) is 14.6. The normalized spacial score (nSPS) is 36.2. The lowest BCUT2D eigenvalue weighted by Gasteiger charge is -2.42. The summed E-state index contributed by atoms with van der Waals surface area (Å²) in [7, 11) is 0. The summed E-state index contributed by atoms with van der Waals surface area (Å²) in [5.74, 6) is -0.782. The predicted molar refractivity (Wildman–Crippen MR) is 109 cm³/mol. The van der Waals surface area contributed by atoms with Crippen LogP contribution in [0, 0.1) is 29.6 Å². The molecule has 3 aliphatic carbocycles. The highest BCUT2D eigenvalue weighted by Crippen LogP contribution is 2.48. The van der Waals surface area contributed by atoms with Crippen molar-refractivity contribution in [2.75, 3.05) is 26.2 Å². The van der Waals surface area contributed by atoms with Crippen molar-refractivity contribution in [2.24, 2.45) is 29.6 Å². The molecular weight excluding hydrogens is 409 g/mol. The topological polar surface area (TPSA) is 60.9 Å². The molecule has 1 N–H and O–H groups in total. The number of amides is 2. The summed E-state index contributed by atoms with van der Waals surface area (Å²) in [5, 5.41) is 10.0. The van der Waals surface area contributed by atoms with Crippen molar-refractivity contribution in [3.05, 3.63) is 0 Å². The van der Waals surface area contributed by atoms with Crippen molar-refractivity contribution >= 4 is 11.8 Å². The Hall–Kier alpha value is -1.31. The monoisotopic (exact) mass is 444 g/mol. The second-order valence-electron chi connectivity index (χ2n) is 10.6. The van der Waals surface area contributed by atoms with Crippen LogP contribution >= 0.6 is 0 Å². The maximum Gasteiger partial charge on any atom is 0.391 e. The van der Waals surface area contributed by atoms with Gasteiger partial charge < -0.3 is 14.9 Å². The highest BCUT2D eigenvalue weighted by molar-refractivity contribution is 5.88. The molecule has 4 fully saturated rings. The molecule has 3 unspecified atom stereocenters. The van der Waals surface area contributed by atoms with Gasteiger partial charge in [-0.15, -0.1) is 0 Å². The molecule has 0 aromatic heterocycles. The molecule has 8 heteroatoms. The van der Waals surface area contributed by atoms with Crippen LogP contribution in [-0.2, 0) is 9.59 Å². The summed E-state index contributed by atoms with van der Waals surface area (Å²) in [6.07, 6.45) is 1.51. The Kier molecular flexibility index (Phi) is 6.32. The molecular formula is C23H35F3N2O3. The van der Waals surface area contributed by atoms with E-state index < -0.39 is 17.7 Å². The van der Waals surface area contributed by atoms with Crippen molar-refractivity contribution in [1.82, 2.24) is 9.80 Å². The van der Waals surface area contributed by atoms with Crippen molar-refractivity contribution in [1.29, 1.82) is 0 Å². The molecule has 1 saturated heterocycles. The molecule has 0 bridgehead atoms. The highest BCUT2D eigenvalue weighted by atomic mass is 19.4. The maximum atomic E-state index is 13.3. The molecule has 4 rings (SSSR count). The number of hydrogen-bond acceptors (Lipinski definition) is 3. The van der Waals surface area contributed by atoms with E-state index in [1.165, 1.54) is 0 Å². The number of hydrogen-bond donors (Lipinski definition) is 1. The Morgan fingerprint density at radius 2 is 1.45 bits per heavy atom. The lowest BCUT2D eigenvalue weighted by atomic mass is 9.66. The zero-order valence-corrected chi connectivity index (χ0v) is 18.4. The van der Waals surface area contributed by atoms with E-state index in [9.17, 15) is 27.9 Å². The molecule has 3 saturated carbocycles. The predicted octanol–water partition coefficient (Wildman–Crippen LogP) is 3.60. The van der Waals surface area contributed by atoms with Crippen molar-refractivity contribution in [3.8, 4) is 0 Å². The van der Waals surface area contributed by atoms with Gasteiger partial charge in [0, 0.05) is 32.1 Å². The van der Waals surface area contributed by atoms with Crippen molar-refractivity contribution < 1.29 is 27.9 Å². The molecule has 0 radical (unpaired) electrons. The van der Waals surface area contributed by atoms with E-state index in [1.807, 2.05) is 11.8 Å². The molecule has 4 aliphatic rings. The van der Waals surface area contributed by atoms with E-state index in [-0.39, 0.29) is 42.4 Å². The number of halogens is 3. The second kappa shape index (κ2) is 8.56. The van der Waals surface area contributed by atoms with Crippen LogP contribution < -0.4 is 0 Å². The van der Waals surface area contributed by atoms with Crippen LogP contribution in [0.5, 0.6) is 0 Å². The van der Waals surface area contributed by atoms with Crippen molar-refractivity contribution in [3.63, 3.8) is 0 Å². The van der Waals surface area contributed by atoms with E-state index in [2.05, 4.69) is 0 Å². The van der Waals surface area contributed by atoms with Gasteiger partial charge in [0.05, 0.1) is 5.92 Å². The summed E-state index contributed by atoms with van der Waals surface area (Å²) >= 11 is 0. The Morgan fingerprint density at radius 3 is 2.00 bits per heavy atom. The zero-order valence-electron chi connectivity index (χ0n) is 18.4. The van der Waals surface area contributed by atoms with Gasteiger partial charge >= 0.3 is 6.18 Å². The first kappa shape index (κ1) is 22.9. The summed E-state index contributed by atoms with van der Waals surface area (Å²) in [5.41, 5.74) is -1.16. The fourth-order valence-electron chi connectivity index (χ4n) is 6.16. The first-order valence-electron chi connectivity index (χ1n) is 11.9. The summed E-state index contributed by atoms with van der Waals surface area (Å²) in [6.45, 7) is 3.84. The molecule has 1 aliphatic heterocycles. The van der Waals surface area contributed by atoms with Crippen LogP contribution in [0.15, 0.2) is 0 Å². The van der Waals surface area contributed by atoms with Gasteiger partial charge in [0.15, 0.2) is 0 Å². The molecule has 0 aromatic rings. The molecule has 0 spiro atoms. The van der Waals surface area contributed by atoms with Gasteiger partial charge in [-0.2, -0.15) is 13.2 Å². The second-order valence-corrected chi connectivity index (χ2v) is 10.6. The first-order valence-corrected chi connectivity index (χ1v) is 11.9. The molecule has 3 atom stereocenters. The van der Waals surface area contributed by atoms with E-state index in [0.717, 1.165) is 32.1 Å². The number of carbonyl (C=O) groups excluding carboxylic acids is 2. The van der Waals surface area contributed by atoms with Crippen LogP contribution in [0.1, 0.15) is 64.7 Å². The Morgan fingerprint density at radius 1 is 0.871 bits per heavy atom. The molecule has 5 nitrogen and oxygen atoms in total. The third kappa shape index (κ3) is 5.04. The van der Waals surface area contributed by atoms with Crippen LogP contribution in [-0.4, -0.2) is 64.7 Å². The number of nitrogens with zero attached hydrogens (tertiary/aromatic N) is 2. The Balaban J connectivity index is 1.24. The van der Waals surface area contributed by atoms with Crippen molar-refractivity contribution in [2.45, 2.75) is 76.5 Å². The van der Waals surface area contributed by atoms with Crippen LogP contribution in [0.25, 0.3) is 0 Å². The molecule has 0 aromatic carbocycles. The summed E-state index contributed by atoms with van der Waals surface area (Å²) in [6, 6.07) is 0. The maximum absolute atomic E-state index is 13.3. The van der Waals surface area contributed by atoms with E-state index in [1.54, 1.807) is 4.90 Å². The molecule has 176 valence electrons. The van der Waals surface area contributed by atoms with Gasteiger partial charge in [0.2, 0.25) is 5.91 Å². The van der Waals surface area contributed by atoms with Crippen LogP contribution in [0.3, 0.4) is 0 Å². The fourth-order valence-corrected chi connectivity index (χ4v) is 6.16. The van der Waals surface area contributed by atoms with Gasteiger partial charge in [0.25, 0.3) is 5.91 Å². The number of rotatable bonds is 3. The number of alkyl halides is 3. The van der Waals surface area contributed by atoms with E-state index >= 15 is 0 Å². The van der Waals surface area contributed by atoms with E-state index in [0.29, 0.717) is 44.9 Å². The minimum atomic E-state index is -4.10. The number of carbonyl (C=O) groups is 2. The summed E-state index contributed by atoms with van der Waals surface area (Å²) < 4.78 is 39.9. The third-order valence-electron chi connectivity index (χ3n) is 8.23. The number of aliphatic hydroxyl groups is 1. The number of piperazine rings is 1. The van der Waals surface area contributed by atoms with Gasteiger partial charge in [0.1, 0.15) is 5.60 Å². The SMILES string of the molecule is CC1CC(C2CCC(C(=O)N3CCN(C(=O)C4(O)CC4)CC3)CC2)CC(C(F)(F)F)C1. The standard InChI is InChI=1S/C23H35F3N2O3/c1-15-12-18(14-19(13-15)23(24,25)26)16-2-4-17(5-3-16)20(29)27-8-10-28(11-9-27)21(30)22(31)6-7-22/h15-19,31H,2-14H2,1H3. The van der Waals surface area contributed by atoms with Crippen LogP contribution in [0.2, 0.25) is 0 Å². The minimum Gasteiger partial charge on any atom is -0.380 e. The average molecular weight is 445 g/mol. The van der Waals surface area contributed by atoms with Crippen LogP contribution in [0.4, 0.5) is 13.2 Å². The highest BCUT2D eigenvalue weighted by Gasteiger charge is 2.51. The average Bonchev–Trinajstić information content (AvgIpc) is 3.50. The van der Waals surface area contributed by atoms with Gasteiger partial charge in [-0.05, 0) is 75.5 Å². The molecule has 1 heterocycles. The Bertz CT molecular complexity index is 678. The van der Waals surface area contributed by atoms with Gasteiger partial charge in [-0.3, -0.25) is 9.59 Å². The zero-order chi connectivity index (χ0) is 22.4. The largest absolute Gasteiger partial charge is 0.391 e. The quantitative estimate of drug-likeness (QED) is 0.724. The lowest BCUT2D eigenvalue weighted by molar-refractivity contribution is -0.192. The van der Waals surface area contributed by atoms with E-state index in [4.69, 9.17) is 0 Å². The molecule has 2 amide bonds. The van der Waals surface area contributed by atoms with Gasteiger partial charge in [-0.25, -0.2) is 0 Å². The summed E-state index contributed by atoms with van der Waals surface area (Å²) in [4.78, 5) is 28.7. The molecule has 31 heavy (non-hydrogen) atoms. The Labute approximate surface area is 182 Å². The lowest BCUT2D eigenvalue weighted by Crippen LogP contribution is -2.54. The third-order valence-corrected chi connectivity index (χ3v) is 8.23. The fraction of sp³-hybridized carbons (Fsp3) is 0.913. The minimum absolute atomic E-state index is 0.0504. The smallest absolute Gasteiger partial charge is 0.380 e.